The van der Waals surface area contributed by atoms with Gasteiger partial charge in [0.05, 0.1) is 31.7 Å². The minimum Gasteiger partial charge on any atom is -0.379 e. The van der Waals surface area contributed by atoms with Crippen LogP contribution in [-0.2, 0) is 26.5 Å². The van der Waals surface area contributed by atoms with Crippen LogP contribution in [0.4, 0.5) is 0 Å². The van der Waals surface area contributed by atoms with Crippen LogP contribution in [0, 0.1) is 5.92 Å². The van der Waals surface area contributed by atoms with Crippen LogP contribution >= 0.6 is 0 Å². The summed E-state index contributed by atoms with van der Waals surface area (Å²) in [4.78, 5) is 3.97. The molecule has 2 aliphatic rings. The zero-order valence-electron chi connectivity index (χ0n) is 11.6. The Labute approximate surface area is 118 Å². The maximum absolute atomic E-state index is 12.7. The second-order valence-corrected chi connectivity index (χ2v) is 7.05. The number of hydrogen-bond acceptors (Lipinski definition) is 5. The molecule has 0 bridgehead atoms. The number of sulfonamides is 1. The van der Waals surface area contributed by atoms with E-state index in [-0.39, 0.29) is 23.1 Å². The Morgan fingerprint density at radius 1 is 1.50 bits per heavy atom. The highest BCUT2D eigenvalue weighted by atomic mass is 32.2. The molecule has 7 nitrogen and oxygen atoms in total. The molecule has 1 aromatic rings. The van der Waals surface area contributed by atoms with Crippen molar-refractivity contribution in [3.05, 3.63) is 12.5 Å². The maximum Gasteiger partial charge on any atom is 0.262 e. The normalized spacial score (nSPS) is 30.8. The van der Waals surface area contributed by atoms with E-state index >= 15 is 0 Å². The Balaban J connectivity index is 1.90. The number of nitrogens with zero attached hydrogens (tertiary/aromatic N) is 3. The molecule has 1 aromatic heterocycles. The van der Waals surface area contributed by atoms with Crippen molar-refractivity contribution in [2.24, 2.45) is 13.0 Å². The Kier molecular flexibility index (Phi) is 3.57. The summed E-state index contributed by atoms with van der Waals surface area (Å²) in [6.45, 7) is 3.86. The minimum atomic E-state index is -3.58. The quantitative estimate of drug-likeness (QED) is 0.773. The van der Waals surface area contributed by atoms with E-state index in [1.807, 2.05) is 6.92 Å². The standard InChI is InChI=1S/C12H19N3O4S/c1-3-19-11-4-15(10-7-18-6-9(10)11)20(16,17)12-5-14(2)8-13-12/h5,8-11H,3-4,6-7H2,1-2H3/t9-,10+,11-/m0/s1. The molecule has 0 aromatic carbocycles. The fraction of sp³-hybridized carbons (Fsp3) is 0.750. The smallest absolute Gasteiger partial charge is 0.262 e. The SMILES string of the molecule is CCO[C@H]1CN(S(=O)(=O)c2cn(C)cn2)[C@@H]2COC[C@H]12. The minimum absolute atomic E-state index is 0.0859. The summed E-state index contributed by atoms with van der Waals surface area (Å²) in [6, 6.07) is -0.140. The summed E-state index contributed by atoms with van der Waals surface area (Å²) in [6.07, 6.45) is 2.92. The van der Waals surface area contributed by atoms with Crippen LogP contribution in [0.5, 0.6) is 0 Å². The van der Waals surface area contributed by atoms with Crippen LogP contribution in [0.1, 0.15) is 6.92 Å². The Hall–Kier alpha value is -0.960. The second kappa shape index (κ2) is 5.10. The van der Waals surface area contributed by atoms with Gasteiger partial charge < -0.3 is 14.0 Å². The zero-order chi connectivity index (χ0) is 14.3. The van der Waals surface area contributed by atoms with Crippen molar-refractivity contribution in [3.63, 3.8) is 0 Å². The Morgan fingerprint density at radius 3 is 2.95 bits per heavy atom. The van der Waals surface area contributed by atoms with Gasteiger partial charge >= 0.3 is 0 Å². The van der Waals surface area contributed by atoms with Gasteiger partial charge in [-0.3, -0.25) is 0 Å². The molecule has 2 fully saturated rings. The summed E-state index contributed by atoms with van der Waals surface area (Å²) in [7, 11) is -1.83. The topological polar surface area (TPSA) is 73.7 Å². The van der Waals surface area contributed by atoms with Crippen LogP contribution in [-0.4, -0.2) is 60.8 Å². The summed E-state index contributed by atoms with van der Waals surface area (Å²) in [5.41, 5.74) is 0. The first-order valence-corrected chi connectivity index (χ1v) is 8.17. The molecular weight excluding hydrogens is 282 g/mol. The van der Waals surface area contributed by atoms with E-state index in [2.05, 4.69) is 4.98 Å². The van der Waals surface area contributed by atoms with Crippen LogP contribution in [0.15, 0.2) is 17.6 Å². The van der Waals surface area contributed by atoms with Crippen molar-refractivity contribution in [1.82, 2.24) is 13.9 Å². The third-order valence-electron chi connectivity index (χ3n) is 3.94. The lowest BCUT2D eigenvalue weighted by Gasteiger charge is -2.20. The van der Waals surface area contributed by atoms with E-state index in [1.54, 1.807) is 11.6 Å². The van der Waals surface area contributed by atoms with E-state index in [1.165, 1.54) is 16.8 Å². The molecule has 0 radical (unpaired) electrons. The van der Waals surface area contributed by atoms with Crippen LogP contribution in [0.25, 0.3) is 0 Å². The predicted molar refractivity (Wildman–Crippen MR) is 70.6 cm³/mol. The fourth-order valence-corrected chi connectivity index (χ4v) is 4.61. The van der Waals surface area contributed by atoms with E-state index in [4.69, 9.17) is 9.47 Å². The van der Waals surface area contributed by atoms with Gasteiger partial charge in [0.25, 0.3) is 10.0 Å². The molecule has 0 amide bonds. The first-order chi connectivity index (χ1) is 9.54. The third-order valence-corrected chi connectivity index (χ3v) is 5.71. The molecule has 2 aliphatic heterocycles. The lowest BCUT2D eigenvalue weighted by atomic mass is 10.0. The molecule has 8 heteroatoms. The molecule has 3 atom stereocenters. The summed E-state index contributed by atoms with van der Waals surface area (Å²) in [5, 5.41) is 0.0859. The zero-order valence-corrected chi connectivity index (χ0v) is 12.4. The number of fused-ring (bicyclic) bond motifs is 1. The van der Waals surface area contributed by atoms with Crippen molar-refractivity contribution < 1.29 is 17.9 Å². The molecule has 3 rings (SSSR count). The number of rotatable bonds is 4. The summed E-state index contributed by atoms with van der Waals surface area (Å²) >= 11 is 0. The number of aromatic nitrogens is 2. The van der Waals surface area contributed by atoms with Crippen LogP contribution in [0.2, 0.25) is 0 Å². The van der Waals surface area contributed by atoms with Crippen molar-refractivity contribution in [2.75, 3.05) is 26.4 Å². The van der Waals surface area contributed by atoms with Gasteiger partial charge in [-0.25, -0.2) is 13.4 Å². The average molecular weight is 301 g/mol. The van der Waals surface area contributed by atoms with Gasteiger partial charge in [-0.15, -0.1) is 0 Å². The molecular formula is C12H19N3O4S. The molecule has 3 heterocycles. The fourth-order valence-electron chi connectivity index (χ4n) is 2.97. The Bertz CT molecular complexity index is 585. The van der Waals surface area contributed by atoms with Gasteiger partial charge in [0, 0.05) is 32.3 Å². The van der Waals surface area contributed by atoms with E-state index < -0.39 is 10.0 Å². The molecule has 0 spiro atoms. The summed E-state index contributed by atoms with van der Waals surface area (Å²) < 4.78 is 39.6. The number of ether oxygens (including phenoxy) is 2. The number of imidazole rings is 1. The molecule has 20 heavy (non-hydrogen) atoms. The van der Waals surface area contributed by atoms with E-state index in [9.17, 15) is 8.42 Å². The predicted octanol–water partition coefficient (Wildman–Crippen LogP) is -0.155. The van der Waals surface area contributed by atoms with Crippen molar-refractivity contribution in [1.29, 1.82) is 0 Å². The molecule has 0 unspecified atom stereocenters. The third kappa shape index (κ3) is 2.16. The molecule has 112 valence electrons. The van der Waals surface area contributed by atoms with Gasteiger partial charge in [-0.1, -0.05) is 0 Å². The van der Waals surface area contributed by atoms with E-state index in [0.29, 0.717) is 26.4 Å². The highest BCUT2D eigenvalue weighted by Crippen LogP contribution is 2.35. The lowest BCUT2D eigenvalue weighted by molar-refractivity contribution is 0.0308. The van der Waals surface area contributed by atoms with Gasteiger partial charge in [0.1, 0.15) is 0 Å². The van der Waals surface area contributed by atoms with Crippen LogP contribution in [0.3, 0.4) is 0 Å². The Morgan fingerprint density at radius 2 is 2.30 bits per heavy atom. The van der Waals surface area contributed by atoms with E-state index in [0.717, 1.165) is 0 Å². The highest BCUT2D eigenvalue weighted by Gasteiger charge is 2.51. The highest BCUT2D eigenvalue weighted by molar-refractivity contribution is 7.89. The van der Waals surface area contributed by atoms with Crippen molar-refractivity contribution in [2.45, 2.75) is 24.1 Å². The lowest BCUT2D eigenvalue weighted by Crippen LogP contribution is -2.38. The van der Waals surface area contributed by atoms with Gasteiger partial charge in [0.15, 0.2) is 5.03 Å². The van der Waals surface area contributed by atoms with Gasteiger partial charge in [-0.05, 0) is 6.92 Å². The molecule has 2 saturated heterocycles. The number of hydrogen-bond donors (Lipinski definition) is 0. The van der Waals surface area contributed by atoms with Crippen molar-refractivity contribution in [3.8, 4) is 0 Å². The van der Waals surface area contributed by atoms with Crippen molar-refractivity contribution >= 4 is 10.0 Å². The molecule has 0 aliphatic carbocycles. The first-order valence-electron chi connectivity index (χ1n) is 6.73. The van der Waals surface area contributed by atoms with Gasteiger partial charge in [0.2, 0.25) is 0 Å². The first kappa shape index (κ1) is 14.0. The summed E-state index contributed by atoms with van der Waals surface area (Å²) in [5.74, 6) is 0.119. The molecule has 0 N–H and O–H groups in total. The van der Waals surface area contributed by atoms with Gasteiger partial charge in [-0.2, -0.15) is 4.31 Å². The average Bonchev–Trinajstić information content (AvgIpc) is 3.06. The van der Waals surface area contributed by atoms with Crippen LogP contribution < -0.4 is 0 Å². The monoisotopic (exact) mass is 301 g/mol. The largest absolute Gasteiger partial charge is 0.379 e. The molecule has 0 saturated carbocycles. The maximum atomic E-state index is 12.7. The second-order valence-electron chi connectivity index (χ2n) is 5.21. The number of aryl methyl sites for hydroxylation is 1.